The molecule has 1 aliphatic heterocycles. The van der Waals surface area contributed by atoms with Gasteiger partial charge in [0.15, 0.2) is 0 Å². The molecule has 1 saturated heterocycles. The molecule has 1 aromatic heterocycles. The Hall–Kier alpha value is -1.58. The summed E-state index contributed by atoms with van der Waals surface area (Å²) in [5, 5.41) is 0. The number of carbonyl (C=O) groups is 1. The van der Waals surface area contributed by atoms with E-state index in [1.807, 2.05) is 11.1 Å². The van der Waals surface area contributed by atoms with Crippen LogP contribution in [0.3, 0.4) is 0 Å². The average Bonchev–Trinajstić information content (AvgIpc) is 2.89. The lowest BCUT2D eigenvalue weighted by Gasteiger charge is -2.22. The zero-order valence-electron chi connectivity index (χ0n) is 11.2. The summed E-state index contributed by atoms with van der Waals surface area (Å²) in [6.45, 7) is 7.06. The summed E-state index contributed by atoms with van der Waals surface area (Å²) in [5.41, 5.74) is 1.15. The van der Waals surface area contributed by atoms with Gasteiger partial charge in [-0.1, -0.05) is 6.07 Å². The van der Waals surface area contributed by atoms with Crippen LogP contribution < -0.4 is 4.90 Å². The topological polar surface area (TPSA) is 36.4 Å². The Balaban J connectivity index is 2.14. The summed E-state index contributed by atoms with van der Waals surface area (Å²) < 4.78 is 0. The number of carbonyl (C=O) groups excluding carboxylic acids is 1. The van der Waals surface area contributed by atoms with Crippen LogP contribution in [0.2, 0.25) is 0 Å². The number of hydrogen-bond acceptors (Lipinski definition) is 3. The van der Waals surface area contributed by atoms with E-state index < -0.39 is 0 Å². The van der Waals surface area contributed by atoms with E-state index in [0.717, 1.165) is 50.3 Å². The predicted molar refractivity (Wildman–Crippen MR) is 72.5 cm³/mol. The molecule has 2 heterocycles. The van der Waals surface area contributed by atoms with Crippen LogP contribution >= 0.6 is 0 Å². The number of likely N-dealkylation sites (tertiary alicyclic amines) is 1. The first-order valence-corrected chi connectivity index (χ1v) is 6.72. The van der Waals surface area contributed by atoms with Gasteiger partial charge in [0.05, 0.1) is 6.04 Å². The molecule has 98 valence electrons. The van der Waals surface area contributed by atoms with Crippen LogP contribution in [-0.2, 0) is 4.79 Å². The Bertz CT molecular complexity index is 387. The molecule has 0 bridgehead atoms. The molecule has 0 spiro atoms. The summed E-state index contributed by atoms with van der Waals surface area (Å²) in [5.74, 6) is 1.01. The van der Waals surface area contributed by atoms with Crippen molar-refractivity contribution in [3.63, 3.8) is 0 Å². The highest BCUT2D eigenvalue weighted by Gasteiger charge is 2.24. The maximum absolute atomic E-state index is 11.0. The number of aromatic nitrogens is 1. The molecule has 4 nitrogen and oxygen atoms in total. The van der Waals surface area contributed by atoms with Crippen molar-refractivity contribution in [3.05, 3.63) is 23.9 Å². The van der Waals surface area contributed by atoms with E-state index >= 15 is 0 Å². The van der Waals surface area contributed by atoms with Gasteiger partial charge in [0.25, 0.3) is 0 Å². The summed E-state index contributed by atoms with van der Waals surface area (Å²) in [6.07, 6.45) is 5.00. The maximum Gasteiger partial charge on any atom is 0.210 e. The first-order valence-electron chi connectivity index (χ1n) is 6.72. The molecule has 1 fully saturated rings. The van der Waals surface area contributed by atoms with Gasteiger partial charge >= 0.3 is 0 Å². The monoisotopic (exact) mass is 247 g/mol. The third-order valence-electron chi connectivity index (χ3n) is 3.67. The van der Waals surface area contributed by atoms with Crippen molar-refractivity contribution in [2.24, 2.45) is 0 Å². The van der Waals surface area contributed by atoms with Crippen molar-refractivity contribution in [3.8, 4) is 0 Å². The maximum atomic E-state index is 11.0. The van der Waals surface area contributed by atoms with Crippen molar-refractivity contribution in [2.75, 3.05) is 24.5 Å². The van der Waals surface area contributed by atoms with E-state index in [0.29, 0.717) is 0 Å². The molecule has 18 heavy (non-hydrogen) atoms. The van der Waals surface area contributed by atoms with Crippen LogP contribution in [0.15, 0.2) is 18.3 Å². The Kier molecular flexibility index (Phi) is 4.18. The quantitative estimate of drug-likeness (QED) is 0.749. The lowest BCUT2D eigenvalue weighted by molar-refractivity contribution is -0.118. The normalized spacial score (nSPS) is 19.0. The summed E-state index contributed by atoms with van der Waals surface area (Å²) in [6, 6.07) is 4.39. The van der Waals surface area contributed by atoms with Crippen LogP contribution in [0.4, 0.5) is 5.82 Å². The summed E-state index contributed by atoms with van der Waals surface area (Å²) in [7, 11) is 0. The smallest absolute Gasteiger partial charge is 0.210 e. The number of anilines is 1. The minimum Gasteiger partial charge on any atom is -0.357 e. The molecule has 0 saturated carbocycles. The van der Waals surface area contributed by atoms with Crippen molar-refractivity contribution in [1.29, 1.82) is 0 Å². The van der Waals surface area contributed by atoms with Gasteiger partial charge in [0.1, 0.15) is 5.82 Å². The lowest BCUT2D eigenvalue weighted by atomic mass is 10.1. The highest BCUT2D eigenvalue weighted by atomic mass is 16.1. The summed E-state index contributed by atoms with van der Waals surface area (Å²) >= 11 is 0. The van der Waals surface area contributed by atoms with Crippen molar-refractivity contribution >= 4 is 12.2 Å². The van der Waals surface area contributed by atoms with Crippen molar-refractivity contribution < 1.29 is 4.79 Å². The fourth-order valence-corrected chi connectivity index (χ4v) is 2.60. The lowest BCUT2D eigenvalue weighted by Crippen LogP contribution is -2.24. The molecule has 2 rings (SSSR count). The minimum absolute atomic E-state index is 0.223. The van der Waals surface area contributed by atoms with Gasteiger partial charge in [-0.3, -0.25) is 4.79 Å². The molecule has 0 aliphatic carbocycles. The Morgan fingerprint density at radius 3 is 2.78 bits per heavy atom. The second-order valence-corrected chi connectivity index (χ2v) is 4.62. The zero-order valence-corrected chi connectivity index (χ0v) is 11.2. The van der Waals surface area contributed by atoms with Crippen molar-refractivity contribution in [1.82, 2.24) is 9.88 Å². The van der Waals surface area contributed by atoms with Crippen LogP contribution in [0.25, 0.3) is 0 Å². The van der Waals surface area contributed by atoms with Gasteiger partial charge in [0, 0.05) is 25.8 Å². The van der Waals surface area contributed by atoms with Crippen LogP contribution in [0, 0.1) is 0 Å². The molecule has 4 heteroatoms. The molecule has 0 aromatic carbocycles. The second kappa shape index (κ2) is 5.85. The van der Waals surface area contributed by atoms with Gasteiger partial charge in [-0.25, -0.2) is 4.98 Å². The second-order valence-electron chi connectivity index (χ2n) is 4.62. The van der Waals surface area contributed by atoms with E-state index in [2.05, 4.69) is 35.9 Å². The molecule has 1 aliphatic rings. The average molecular weight is 247 g/mol. The number of rotatable bonds is 5. The van der Waals surface area contributed by atoms with E-state index in [4.69, 9.17) is 0 Å². The van der Waals surface area contributed by atoms with E-state index in [1.165, 1.54) is 0 Å². The van der Waals surface area contributed by atoms with E-state index in [-0.39, 0.29) is 6.04 Å². The number of hydrogen-bond donors (Lipinski definition) is 0. The van der Waals surface area contributed by atoms with Crippen molar-refractivity contribution in [2.45, 2.75) is 32.7 Å². The standard InChI is InChI=1S/C14H21N3O/c1-3-16(4-2)14-8-7-12(10-15-14)13-6-5-9-17(13)11-18/h7-8,10-11,13H,3-6,9H2,1-2H3/t13-/m1/s1. The molecule has 1 amide bonds. The fraction of sp³-hybridized carbons (Fsp3) is 0.571. The van der Waals surface area contributed by atoms with Gasteiger partial charge in [0.2, 0.25) is 6.41 Å². The molecule has 1 aromatic rings. The minimum atomic E-state index is 0.223. The molecular formula is C14H21N3O. The zero-order chi connectivity index (χ0) is 13.0. The SMILES string of the molecule is CCN(CC)c1ccc([C@H]2CCCN2C=O)cn1. The Morgan fingerprint density at radius 1 is 1.44 bits per heavy atom. The molecule has 0 N–H and O–H groups in total. The Labute approximate surface area is 109 Å². The van der Waals surface area contributed by atoms with Gasteiger partial charge < -0.3 is 9.80 Å². The molecular weight excluding hydrogens is 226 g/mol. The van der Waals surface area contributed by atoms with Gasteiger partial charge in [-0.05, 0) is 38.3 Å². The number of amides is 1. The van der Waals surface area contributed by atoms with Crippen LogP contribution in [-0.4, -0.2) is 35.9 Å². The molecule has 0 radical (unpaired) electrons. The van der Waals surface area contributed by atoms with E-state index in [9.17, 15) is 4.79 Å². The highest BCUT2D eigenvalue weighted by molar-refractivity contribution is 5.50. The summed E-state index contributed by atoms with van der Waals surface area (Å²) in [4.78, 5) is 19.6. The third-order valence-corrected chi connectivity index (χ3v) is 3.67. The number of pyridine rings is 1. The Morgan fingerprint density at radius 2 is 2.22 bits per heavy atom. The van der Waals surface area contributed by atoms with Gasteiger partial charge in [-0.2, -0.15) is 0 Å². The molecule has 1 atom stereocenters. The first-order chi connectivity index (χ1) is 8.80. The third kappa shape index (κ3) is 2.47. The fourth-order valence-electron chi connectivity index (χ4n) is 2.60. The van der Waals surface area contributed by atoms with E-state index in [1.54, 1.807) is 0 Å². The highest BCUT2D eigenvalue weighted by Crippen LogP contribution is 2.30. The first kappa shape index (κ1) is 12.9. The number of nitrogens with zero attached hydrogens (tertiary/aromatic N) is 3. The van der Waals surface area contributed by atoms with Crippen LogP contribution in [0.1, 0.15) is 38.3 Å². The van der Waals surface area contributed by atoms with Gasteiger partial charge in [-0.15, -0.1) is 0 Å². The largest absolute Gasteiger partial charge is 0.357 e. The van der Waals surface area contributed by atoms with Crippen LogP contribution in [0.5, 0.6) is 0 Å². The molecule has 0 unspecified atom stereocenters. The predicted octanol–water partition coefficient (Wildman–Crippen LogP) is 2.22.